The molecule has 0 saturated heterocycles. The highest BCUT2D eigenvalue weighted by molar-refractivity contribution is 5.96. The van der Waals surface area contributed by atoms with Gasteiger partial charge < -0.3 is 5.11 Å². The molecule has 0 bridgehead atoms. The second-order valence-corrected chi connectivity index (χ2v) is 5.32. The molecule has 2 nitrogen and oxygen atoms in total. The van der Waals surface area contributed by atoms with Crippen molar-refractivity contribution in [3.05, 3.63) is 23.3 Å². The van der Waals surface area contributed by atoms with Crippen LogP contribution >= 0.6 is 0 Å². The van der Waals surface area contributed by atoms with Crippen molar-refractivity contribution >= 4 is 5.78 Å². The van der Waals surface area contributed by atoms with Gasteiger partial charge in [0.15, 0.2) is 5.78 Å². The van der Waals surface area contributed by atoms with Crippen LogP contribution in [0.25, 0.3) is 0 Å². The summed E-state index contributed by atoms with van der Waals surface area (Å²) in [4.78, 5) is 11.7. The summed E-state index contributed by atoms with van der Waals surface area (Å²) in [6.45, 7) is 6.24. The topological polar surface area (TPSA) is 37.3 Å². The number of allylic oxidation sites excluding steroid dienone is 3. The minimum absolute atomic E-state index is 0.0850. The van der Waals surface area contributed by atoms with Crippen LogP contribution in [0.3, 0.4) is 0 Å². The second-order valence-electron chi connectivity index (χ2n) is 5.32. The maximum absolute atomic E-state index is 11.7. The minimum Gasteiger partial charge on any atom is -0.392 e. The number of ketones is 1. The Hall–Kier alpha value is -0.890. The molecule has 0 heterocycles. The average molecular weight is 222 g/mol. The number of rotatable bonds is 4. The number of carbonyl (C=O) groups excluding carboxylic acids is 1. The van der Waals surface area contributed by atoms with E-state index in [2.05, 4.69) is 26.8 Å². The van der Waals surface area contributed by atoms with E-state index >= 15 is 0 Å². The van der Waals surface area contributed by atoms with Crippen molar-refractivity contribution in [2.24, 2.45) is 5.41 Å². The molecule has 0 aliphatic heterocycles. The number of carbonyl (C=O) groups is 1. The van der Waals surface area contributed by atoms with Gasteiger partial charge >= 0.3 is 0 Å². The molecule has 0 aromatic heterocycles. The van der Waals surface area contributed by atoms with E-state index in [4.69, 9.17) is 5.11 Å². The Morgan fingerprint density at radius 2 is 2.25 bits per heavy atom. The van der Waals surface area contributed by atoms with Gasteiger partial charge in [0, 0.05) is 12.0 Å². The van der Waals surface area contributed by atoms with Crippen LogP contribution in [0.4, 0.5) is 0 Å². The van der Waals surface area contributed by atoms with Crippen LogP contribution in [0.15, 0.2) is 23.3 Å². The number of Topliss-reactive ketones (excluding diaryl/α,β-unsaturated/α-hetero) is 1. The third-order valence-corrected chi connectivity index (χ3v) is 3.26. The molecule has 0 aromatic carbocycles. The quantitative estimate of drug-likeness (QED) is 0.742. The molecule has 0 saturated carbocycles. The van der Waals surface area contributed by atoms with Crippen molar-refractivity contribution in [2.75, 3.05) is 6.61 Å². The summed E-state index contributed by atoms with van der Waals surface area (Å²) in [6, 6.07) is 0. The van der Waals surface area contributed by atoms with Crippen molar-refractivity contribution in [2.45, 2.75) is 46.5 Å². The smallest absolute Gasteiger partial charge is 0.161 e. The van der Waals surface area contributed by atoms with Crippen molar-refractivity contribution < 1.29 is 9.90 Å². The van der Waals surface area contributed by atoms with Gasteiger partial charge in [0.25, 0.3) is 0 Å². The summed E-state index contributed by atoms with van der Waals surface area (Å²) in [5.74, 6) is 0.119. The van der Waals surface area contributed by atoms with Crippen LogP contribution < -0.4 is 0 Å². The molecule has 90 valence electrons. The van der Waals surface area contributed by atoms with Gasteiger partial charge in [-0.15, -0.1) is 0 Å². The molecular formula is C14H22O2. The van der Waals surface area contributed by atoms with E-state index < -0.39 is 0 Å². The van der Waals surface area contributed by atoms with Crippen molar-refractivity contribution in [1.29, 1.82) is 0 Å². The van der Waals surface area contributed by atoms with Gasteiger partial charge in [0.05, 0.1) is 6.61 Å². The minimum atomic E-state index is -0.108. The van der Waals surface area contributed by atoms with Crippen LogP contribution in [-0.4, -0.2) is 17.5 Å². The van der Waals surface area contributed by atoms with E-state index in [1.54, 1.807) is 0 Å². The van der Waals surface area contributed by atoms with Gasteiger partial charge in [-0.1, -0.05) is 24.6 Å². The molecular weight excluding hydrogens is 200 g/mol. The highest BCUT2D eigenvalue weighted by Gasteiger charge is 2.30. The van der Waals surface area contributed by atoms with E-state index in [9.17, 15) is 4.79 Å². The standard InChI is InChI=1S/C14H22O2/c1-11(2)5-4-7-14(3)8-6-12(10-15)13(16)9-14/h5-6,15H,4,7-10H2,1-3H3. The van der Waals surface area contributed by atoms with Crippen LogP contribution in [0.5, 0.6) is 0 Å². The molecule has 1 unspecified atom stereocenters. The summed E-state index contributed by atoms with van der Waals surface area (Å²) in [5, 5.41) is 8.98. The van der Waals surface area contributed by atoms with E-state index in [1.807, 2.05) is 6.08 Å². The predicted molar refractivity (Wildman–Crippen MR) is 66.2 cm³/mol. The van der Waals surface area contributed by atoms with Gasteiger partial charge in [0.1, 0.15) is 0 Å². The largest absolute Gasteiger partial charge is 0.392 e. The van der Waals surface area contributed by atoms with E-state index in [0.717, 1.165) is 19.3 Å². The molecule has 0 aromatic rings. The third kappa shape index (κ3) is 3.60. The highest BCUT2D eigenvalue weighted by Crippen LogP contribution is 2.37. The number of hydrogen-bond acceptors (Lipinski definition) is 2. The average Bonchev–Trinajstić information content (AvgIpc) is 2.17. The van der Waals surface area contributed by atoms with Gasteiger partial charge in [-0.05, 0) is 38.5 Å². The Bertz CT molecular complexity index is 322. The predicted octanol–water partition coefficient (Wildman–Crippen LogP) is 3.02. The molecule has 0 spiro atoms. The molecule has 1 atom stereocenters. The van der Waals surface area contributed by atoms with Crippen molar-refractivity contribution in [3.8, 4) is 0 Å². The first kappa shape index (κ1) is 13.2. The van der Waals surface area contributed by atoms with Gasteiger partial charge in [-0.3, -0.25) is 4.79 Å². The lowest BCUT2D eigenvalue weighted by atomic mass is 9.73. The summed E-state index contributed by atoms with van der Waals surface area (Å²) >= 11 is 0. The Morgan fingerprint density at radius 3 is 2.75 bits per heavy atom. The fourth-order valence-corrected chi connectivity index (χ4v) is 2.11. The molecule has 0 amide bonds. The van der Waals surface area contributed by atoms with Gasteiger partial charge in [-0.2, -0.15) is 0 Å². The van der Waals surface area contributed by atoms with Crippen molar-refractivity contribution in [1.82, 2.24) is 0 Å². The molecule has 16 heavy (non-hydrogen) atoms. The van der Waals surface area contributed by atoms with E-state index in [0.29, 0.717) is 12.0 Å². The summed E-state index contributed by atoms with van der Waals surface area (Å²) < 4.78 is 0. The maximum Gasteiger partial charge on any atom is 0.161 e. The molecule has 0 fully saturated rings. The zero-order valence-corrected chi connectivity index (χ0v) is 10.5. The lowest BCUT2D eigenvalue weighted by molar-refractivity contribution is -0.118. The normalized spacial score (nSPS) is 25.2. The lowest BCUT2D eigenvalue weighted by Crippen LogP contribution is -2.26. The zero-order chi connectivity index (χ0) is 12.2. The maximum atomic E-state index is 11.7. The number of aliphatic hydroxyl groups is 1. The lowest BCUT2D eigenvalue weighted by Gasteiger charge is -2.31. The van der Waals surface area contributed by atoms with Crippen LogP contribution in [-0.2, 0) is 4.79 Å². The second kappa shape index (κ2) is 5.44. The van der Waals surface area contributed by atoms with E-state index in [1.165, 1.54) is 5.57 Å². The Balaban J connectivity index is 2.58. The Kier molecular flexibility index (Phi) is 4.48. The SMILES string of the molecule is CC(C)=CCCC1(C)CC=C(CO)C(=O)C1. The molecule has 1 N–H and O–H groups in total. The molecule has 2 heteroatoms. The summed E-state index contributed by atoms with van der Waals surface area (Å²) in [7, 11) is 0. The van der Waals surface area contributed by atoms with Gasteiger partial charge in [-0.25, -0.2) is 0 Å². The first-order valence-electron chi connectivity index (χ1n) is 5.93. The Labute approximate surface area is 98.1 Å². The van der Waals surface area contributed by atoms with Crippen LogP contribution in [0.2, 0.25) is 0 Å². The molecule has 1 aliphatic rings. The fraction of sp³-hybridized carbons (Fsp3) is 0.643. The molecule has 0 radical (unpaired) electrons. The first-order chi connectivity index (χ1) is 7.47. The van der Waals surface area contributed by atoms with Crippen LogP contribution in [0, 0.1) is 5.41 Å². The Morgan fingerprint density at radius 1 is 1.56 bits per heavy atom. The molecule has 1 aliphatic carbocycles. The van der Waals surface area contributed by atoms with E-state index in [-0.39, 0.29) is 17.8 Å². The fourth-order valence-electron chi connectivity index (χ4n) is 2.11. The van der Waals surface area contributed by atoms with Crippen LogP contribution in [0.1, 0.15) is 46.5 Å². The monoisotopic (exact) mass is 222 g/mol. The zero-order valence-electron chi connectivity index (χ0n) is 10.5. The number of hydrogen-bond donors (Lipinski definition) is 1. The van der Waals surface area contributed by atoms with Crippen molar-refractivity contribution in [3.63, 3.8) is 0 Å². The summed E-state index contributed by atoms with van der Waals surface area (Å²) in [5.41, 5.74) is 2.01. The highest BCUT2D eigenvalue weighted by atomic mass is 16.3. The third-order valence-electron chi connectivity index (χ3n) is 3.26. The summed E-state index contributed by atoms with van der Waals surface area (Å²) in [6.07, 6.45) is 7.70. The number of aliphatic hydroxyl groups excluding tert-OH is 1. The van der Waals surface area contributed by atoms with Gasteiger partial charge in [0.2, 0.25) is 0 Å². The first-order valence-corrected chi connectivity index (χ1v) is 5.93. The molecule has 1 rings (SSSR count).